The molecule has 1 atom stereocenters. The van der Waals surface area contributed by atoms with Gasteiger partial charge >= 0.3 is 5.97 Å². The van der Waals surface area contributed by atoms with E-state index in [4.69, 9.17) is 9.47 Å². The second-order valence-corrected chi connectivity index (χ2v) is 12.0. The molecule has 1 saturated carbocycles. The molecule has 1 aliphatic carbocycles. The van der Waals surface area contributed by atoms with E-state index < -0.39 is 0 Å². The van der Waals surface area contributed by atoms with E-state index in [-0.39, 0.29) is 5.97 Å². The van der Waals surface area contributed by atoms with Crippen LogP contribution < -0.4 is 9.47 Å². The molecule has 220 valence electrons. The standard InChI is InChI=1S/C37H54O3/c1-4-6-7-8-11-14-31-15-17-32(18-16-31)19-20-33-21-25-36(26-22-33)40-37(38)34-23-27-35(28-24-34)39-29-12-9-10-13-30(3)5-2/h7-8,21-28,30-32H,4-6,9-20,29H2,1-3H3/b8-7+/t30-,31-,32-/m0/s1. The summed E-state index contributed by atoms with van der Waals surface area (Å²) in [6, 6.07) is 15.4. The Hall–Kier alpha value is -2.55. The first-order valence-corrected chi connectivity index (χ1v) is 16.3. The van der Waals surface area contributed by atoms with Gasteiger partial charge in [0.2, 0.25) is 0 Å². The van der Waals surface area contributed by atoms with Crippen molar-refractivity contribution >= 4 is 5.97 Å². The molecule has 1 fully saturated rings. The lowest BCUT2D eigenvalue weighted by Gasteiger charge is -2.28. The van der Waals surface area contributed by atoms with Gasteiger partial charge < -0.3 is 9.47 Å². The molecule has 0 spiro atoms. The maximum absolute atomic E-state index is 12.6. The summed E-state index contributed by atoms with van der Waals surface area (Å²) >= 11 is 0. The smallest absolute Gasteiger partial charge is 0.343 e. The number of carbonyl (C=O) groups is 1. The SMILES string of the molecule is CCC/C=C/CC[C@H]1CC[C@H](CCc2ccc(OC(=O)c3ccc(OCCCCC[C@@H](C)CC)cc3)cc2)CC1. The van der Waals surface area contributed by atoms with Gasteiger partial charge in [-0.3, -0.25) is 0 Å². The molecule has 3 nitrogen and oxygen atoms in total. The molecule has 0 unspecified atom stereocenters. The van der Waals surface area contributed by atoms with Gasteiger partial charge in [-0.15, -0.1) is 0 Å². The Balaban J connectivity index is 1.31. The summed E-state index contributed by atoms with van der Waals surface area (Å²) in [5, 5.41) is 0. The molecule has 2 aromatic carbocycles. The number of unbranched alkanes of at least 4 members (excludes halogenated alkanes) is 3. The average molecular weight is 547 g/mol. The lowest BCUT2D eigenvalue weighted by molar-refractivity contribution is 0.0734. The van der Waals surface area contributed by atoms with Gasteiger partial charge in [-0.2, -0.15) is 0 Å². The van der Waals surface area contributed by atoms with Gasteiger partial charge in [0.1, 0.15) is 11.5 Å². The van der Waals surface area contributed by atoms with Crippen molar-refractivity contribution < 1.29 is 14.3 Å². The quantitative estimate of drug-likeness (QED) is 0.0807. The van der Waals surface area contributed by atoms with E-state index in [1.807, 2.05) is 24.3 Å². The van der Waals surface area contributed by atoms with Crippen LogP contribution in [-0.4, -0.2) is 12.6 Å². The highest BCUT2D eigenvalue weighted by Crippen LogP contribution is 2.34. The molecule has 1 aliphatic rings. The molecule has 0 saturated heterocycles. The molecule has 0 aromatic heterocycles. The van der Waals surface area contributed by atoms with Crippen molar-refractivity contribution in [2.75, 3.05) is 6.61 Å². The Morgan fingerprint density at radius 1 is 0.825 bits per heavy atom. The molecule has 40 heavy (non-hydrogen) atoms. The lowest BCUT2D eigenvalue weighted by atomic mass is 9.78. The molecule has 2 aromatic rings. The Morgan fingerprint density at radius 2 is 1.48 bits per heavy atom. The third kappa shape index (κ3) is 12.3. The van der Waals surface area contributed by atoms with Crippen molar-refractivity contribution in [2.45, 2.75) is 117 Å². The van der Waals surface area contributed by atoms with Gasteiger partial charge in [0.25, 0.3) is 0 Å². The van der Waals surface area contributed by atoms with Crippen LogP contribution in [0.15, 0.2) is 60.7 Å². The number of allylic oxidation sites excluding steroid dienone is 2. The first-order chi connectivity index (χ1) is 19.6. The third-order valence-electron chi connectivity index (χ3n) is 8.70. The van der Waals surface area contributed by atoms with Crippen LogP contribution in [0.5, 0.6) is 11.5 Å². The Labute approximate surface area is 244 Å². The van der Waals surface area contributed by atoms with Crippen molar-refractivity contribution in [1.82, 2.24) is 0 Å². The minimum Gasteiger partial charge on any atom is -0.494 e. The Morgan fingerprint density at radius 3 is 2.15 bits per heavy atom. The van der Waals surface area contributed by atoms with E-state index in [2.05, 4.69) is 45.1 Å². The van der Waals surface area contributed by atoms with E-state index in [9.17, 15) is 4.79 Å². The van der Waals surface area contributed by atoms with Crippen molar-refractivity contribution in [3.05, 3.63) is 71.8 Å². The van der Waals surface area contributed by atoms with E-state index in [1.165, 1.54) is 89.0 Å². The molecule has 0 heterocycles. The zero-order valence-corrected chi connectivity index (χ0v) is 25.5. The zero-order valence-electron chi connectivity index (χ0n) is 25.5. The van der Waals surface area contributed by atoms with Gasteiger partial charge in [0.05, 0.1) is 12.2 Å². The fourth-order valence-electron chi connectivity index (χ4n) is 5.66. The molecule has 0 aliphatic heterocycles. The maximum Gasteiger partial charge on any atom is 0.343 e. The molecular formula is C37H54O3. The van der Waals surface area contributed by atoms with Gasteiger partial charge in [-0.25, -0.2) is 4.79 Å². The van der Waals surface area contributed by atoms with Crippen LogP contribution in [0.25, 0.3) is 0 Å². The second-order valence-electron chi connectivity index (χ2n) is 12.0. The number of hydrogen-bond acceptors (Lipinski definition) is 3. The van der Waals surface area contributed by atoms with Crippen molar-refractivity contribution in [3.63, 3.8) is 0 Å². The summed E-state index contributed by atoms with van der Waals surface area (Å²) < 4.78 is 11.5. The Bertz CT molecular complexity index is 967. The highest BCUT2D eigenvalue weighted by Gasteiger charge is 2.20. The van der Waals surface area contributed by atoms with Gasteiger partial charge in [-0.1, -0.05) is 103 Å². The molecule has 3 heteroatoms. The monoisotopic (exact) mass is 546 g/mol. The Kier molecular flexibility index (Phi) is 15.0. The van der Waals surface area contributed by atoms with Crippen LogP contribution in [0.3, 0.4) is 0 Å². The van der Waals surface area contributed by atoms with Crippen LogP contribution >= 0.6 is 0 Å². The fraction of sp³-hybridized carbons (Fsp3) is 0.595. The second kappa shape index (κ2) is 18.7. The number of ether oxygens (including phenoxy) is 2. The van der Waals surface area contributed by atoms with E-state index >= 15 is 0 Å². The minimum absolute atomic E-state index is 0.332. The zero-order chi connectivity index (χ0) is 28.4. The lowest BCUT2D eigenvalue weighted by Crippen LogP contribution is -2.15. The largest absolute Gasteiger partial charge is 0.494 e. The number of carbonyl (C=O) groups excluding carboxylic acids is 1. The summed E-state index contributed by atoms with van der Waals surface area (Å²) in [6.45, 7) is 7.53. The fourth-order valence-corrected chi connectivity index (χ4v) is 5.66. The van der Waals surface area contributed by atoms with Crippen LogP contribution in [0, 0.1) is 17.8 Å². The van der Waals surface area contributed by atoms with E-state index in [1.54, 1.807) is 12.1 Å². The predicted octanol–water partition coefficient (Wildman–Crippen LogP) is 10.8. The topological polar surface area (TPSA) is 35.5 Å². The summed E-state index contributed by atoms with van der Waals surface area (Å²) in [5.41, 5.74) is 1.86. The van der Waals surface area contributed by atoms with Gasteiger partial charge in [0, 0.05) is 0 Å². The normalized spacial score (nSPS) is 18.1. The highest BCUT2D eigenvalue weighted by molar-refractivity contribution is 5.91. The molecule has 0 bridgehead atoms. The van der Waals surface area contributed by atoms with Crippen molar-refractivity contribution in [1.29, 1.82) is 0 Å². The highest BCUT2D eigenvalue weighted by atomic mass is 16.5. The molecule has 0 N–H and O–H groups in total. The number of aryl methyl sites for hydroxylation is 1. The van der Waals surface area contributed by atoms with Crippen molar-refractivity contribution in [2.24, 2.45) is 17.8 Å². The predicted molar refractivity (Wildman–Crippen MR) is 168 cm³/mol. The number of hydrogen-bond donors (Lipinski definition) is 0. The van der Waals surface area contributed by atoms with Gasteiger partial charge in [-0.05, 0) is 98.2 Å². The summed E-state index contributed by atoms with van der Waals surface area (Å²) in [7, 11) is 0. The molecule has 0 radical (unpaired) electrons. The van der Waals surface area contributed by atoms with Crippen molar-refractivity contribution in [3.8, 4) is 11.5 Å². The third-order valence-corrected chi connectivity index (χ3v) is 8.70. The first-order valence-electron chi connectivity index (χ1n) is 16.3. The number of rotatable bonds is 18. The maximum atomic E-state index is 12.6. The first kappa shape index (κ1) is 32.0. The van der Waals surface area contributed by atoms with Crippen LogP contribution in [0.1, 0.15) is 127 Å². The molecule has 3 rings (SSSR count). The van der Waals surface area contributed by atoms with Crippen LogP contribution in [0.2, 0.25) is 0 Å². The molecular weight excluding hydrogens is 492 g/mol. The number of benzene rings is 2. The minimum atomic E-state index is -0.332. The number of esters is 1. The van der Waals surface area contributed by atoms with Gasteiger partial charge in [0.15, 0.2) is 0 Å². The average Bonchev–Trinajstić information content (AvgIpc) is 2.99. The summed E-state index contributed by atoms with van der Waals surface area (Å²) in [5.74, 6) is 3.66. The van der Waals surface area contributed by atoms with E-state index in [0.717, 1.165) is 43.0 Å². The van der Waals surface area contributed by atoms with E-state index in [0.29, 0.717) is 11.3 Å². The molecule has 0 amide bonds. The summed E-state index contributed by atoms with van der Waals surface area (Å²) in [4.78, 5) is 12.6. The van der Waals surface area contributed by atoms with Crippen LogP contribution in [0.4, 0.5) is 0 Å². The van der Waals surface area contributed by atoms with Crippen LogP contribution in [-0.2, 0) is 6.42 Å². The summed E-state index contributed by atoms with van der Waals surface area (Å²) in [6.07, 6.45) is 23.8.